The second-order valence-corrected chi connectivity index (χ2v) is 8.52. The Morgan fingerprint density at radius 3 is 2.06 bits per heavy atom. The van der Waals surface area contributed by atoms with Gasteiger partial charge in [0.2, 0.25) is 5.91 Å². The molecule has 3 rings (SSSR count). The summed E-state index contributed by atoms with van der Waals surface area (Å²) >= 11 is 0. The van der Waals surface area contributed by atoms with Crippen LogP contribution >= 0.6 is 0 Å². The van der Waals surface area contributed by atoms with Gasteiger partial charge in [-0.2, -0.15) is 0 Å². The van der Waals surface area contributed by atoms with Crippen molar-refractivity contribution in [3.63, 3.8) is 0 Å². The Balaban J connectivity index is 1.65. The van der Waals surface area contributed by atoms with Crippen LogP contribution in [0.1, 0.15) is 57.1 Å². The van der Waals surface area contributed by atoms with Crippen molar-refractivity contribution in [1.82, 2.24) is 10.6 Å². The molecular formula is C26H32N2O5. The van der Waals surface area contributed by atoms with Crippen molar-refractivity contribution < 1.29 is 24.2 Å². The van der Waals surface area contributed by atoms with Crippen molar-refractivity contribution >= 4 is 18.0 Å². The van der Waals surface area contributed by atoms with Crippen molar-refractivity contribution in [2.24, 2.45) is 5.92 Å². The number of hydrogen-bond donors (Lipinski definition) is 3. The number of fused-ring (bicyclic) bond motifs is 3. The van der Waals surface area contributed by atoms with Crippen LogP contribution in [0.2, 0.25) is 0 Å². The van der Waals surface area contributed by atoms with Crippen LogP contribution in [0.3, 0.4) is 0 Å². The van der Waals surface area contributed by atoms with Gasteiger partial charge in [-0.1, -0.05) is 82.1 Å². The van der Waals surface area contributed by atoms with E-state index in [1.165, 1.54) is 0 Å². The second kappa shape index (κ2) is 11.0. The van der Waals surface area contributed by atoms with Crippen LogP contribution in [0.15, 0.2) is 48.5 Å². The van der Waals surface area contributed by atoms with Gasteiger partial charge in [-0.15, -0.1) is 0 Å². The Morgan fingerprint density at radius 1 is 0.970 bits per heavy atom. The lowest BCUT2D eigenvalue weighted by atomic mass is 9.98. The van der Waals surface area contributed by atoms with Crippen molar-refractivity contribution in [2.45, 2.75) is 58.0 Å². The van der Waals surface area contributed by atoms with E-state index < -0.39 is 30.1 Å². The van der Waals surface area contributed by atoms with E-state index in [1.54, 1.807) is 6.92 Å². The van der Waals surface area contributed by atoms with Gasteiger partial charge >= 0.3 is 12.1 Å². The summed E-state index contributed by atoms with van der Waals surface area (Å²) in [5.74, 6) is -1.92. The number of carboxylic acid groups (broad SMARTS) is 1. The summed E-state index contributed by atoms with van der Waals surface area (Å²) < 4.78 is 5.54. The lowest BCUT2D eigenvalue weighted by Crippen LogP contribution is -2.53. The monoisotopic (exact) mass is 452 g/mol. The minimum atomic E-state index is -1.09. The van der Waals surface area contributed by atoms with E-state index in [1.807, 2.05) is 50.2 Å². The first-order valence-corrected chi connectivity index (χ1v) is 11.5. The maximum absolute atomic E-state index is 12.7. The Kier molecular flexibility index (Phi) is 8.09. The van der Waals surface area contributed by atoms with Crippen molar-refractivity contribution in [2.75, 3.05) is 6.61 Å². The van der Waals surface area contributed by atoms with Crippen LogP contribution in [0.4, 0.5) is 4.79 Å². The molecule has 2 amide bonds. The number of aliphatic carboxylic acids is 1. The number of ether oxygens (including phenoxy) is 1. The lowest BCUT2D eigenvalue weighted by Gasteiger charge is -2.24. The first-order valence-electron chi connectivity index (χ1n) is 11.5. The van der Waals surface area contributed by atoms with E-state index in [0.29, 0.717) is 19.3 Å². The Labute approximate surface area is 194 Å². The summed E-state index contributed by atoms with van der Waals surface area (Å²) in [6.07, 6.45) is 0.933. The molecule has 0 radical (unpaired) electrons. The van der Waals surface area contributed by atoms with Crippen molar-refractivity contribution in [3.05, 3.63) is 59.7 Å². The molecule has 3 N–H and O–H groups in total. The average molecular weight is 453 g/mol. The predicted octanol–water partition coefficient (Wildman–Crippen LogP) is 4.31. The van der Waals surface area contributed by atoms with Gasteiger partial charge in [0.05, 0.1) is 0 Å². The molecule has 176 valence electrons. The van der Waals surface area contributed by atoms with Crippen LogP contribution < -0.4 is 10.6 Å². The van der Waals surface area contributed by atoms with Crippen LogP contribution in [-0.4, -0.2) is 41.8 Å². The molecule has 7 heteroatoms. The number of carbonyl (C=O) groups excluding carboxylic acids is 2. The van der Waals surface area contributed by atoms with Crippen molar-refractivity contribution in [1.29, 1.82) is 0 Å². The average Bonchev–Trinajstić information content (AvgIpc) is 3.13. The van der Waals surface area contributed by atoms with Crippen LogP contribution in [-0.2, 0) is 14.3 Å². The van der Waals surface area contributed by atoms with E-state index in [0.717, 1.165) is 22.3 Å². The van der Waals surface area contributed by atoms with Gasteiger partial charge in [-0.25, -0.2) is 9.59 Å². The molecule has 0 saturated carbocycles. The van der Waals surface area contributed by atoms with E-state index >= 15 is 0 Å². The smallest absolute Gasteiger partial charge is 0.407 e. The molecule has 33 heavy (non-hydrogen) atoms. The van der Waals surface area contributed by atoms with Crippen LogP contribution in [0.25, 0.3) is 11.1 Å². The van der Waals surface area contributed by atoms with Gasteiger partial charge in [0, 0.05) is 5.92 Å². The topological polar surface area (TPSA) is 105 Å². The summed E-state index contributed by atoms with van der Waals surface area (Å²) in [7, 11) is 0. The molecule has 0 heterocycles. The fraction of sp³-hybridized carbons (Fsp3) is 0.423. The largest absolute Gasteiger partial charge is 0.480 e. The van der Waals surface area contributed by atoms with Gasteiger partial charge in [0.15, 0.2) is 0 Å². The molecule has 2 aromatic carbocycles. The number of hydrogen-bond acceptors (Lipinski definition) is 4. The summed E-state index contributed by atoms with van der Waals surface area (Å²) in [6, 6.07) is 14.2. The molecule has 2 aromatic rings. The molecule has 3 atom stereocenters. The lowest BCUT2D eigenvalue weighted by molar-refractivity contribution is -0.143. The number of carboxylic acids is 1. The van der Waals surface area contributed by atoms with Gasteiger partial charge in [0.1, 0.15) is 18.7 Å². The Hall–Kier alpha value is -3.35. The van der Waals surface area contributed by atoms with Crippen molar-refractivity contribution in [3.8, 4) is 11.1 Å². The zero-order valence-corrected chi connectivity index (χ0v) is 19.3. The number of amides is 2. The summed E-state index contributed by atoms with van der Waals surface area (Å²) in [6.45, 7) is 5.67. The molecule has 0 bridgehead atoms. The predicted molar refractivity (Wildman–Crippen MR) is 126 cm³/mol. The quantitative estimate of drug-likeness (QED) is 0.498. The number of benzene rings is 2. The maximum atomic E-state index is 12.7. The minimum absolute atomic E-state index is 0.0802. The second-order valence-electron chi connectivity index (χ2n) is 8.52. The van der Waals surface area contributed by atoms with E-state index in [4.69, 9.17) is 4.74 Å². The SMILES string of the molecule is CCC[C@H](NC(=O)OCC1c2ccccc2-c2ccccc21)C(=O)N[C@H](C(=O)O)[C@@H](C)CC. The fourth-order valence-electron chi connectivity index (χ4n) is 4.28. The molecule has 0 aromatic heterocycles. The third-order valence-electron chi connectivity index (χ3n) is 6.31. The molecular weight excluding hydrogens is 420 g/mol. The molecule has 0 spiro atoms. The molecule has 0 fully saturated rings. The summed E-state index contributed by atoms with van der Waals surface area (Å²) in [4.78, 5) is 36.9. The molecule has 0 saturated heterocycles. The highest BCUT2D eigenvalue weighted by atomic mass is 16.5. The number of carbonyl (C=O) groups is 3. The third-order valence-corrected chi connectivity index (χ3v) is 6.31. The molecule has 0 aliphatic heterocycles. The van der Waals surface area contributed by atoms with E-state index in [-0.39, 0.29) is 18.4 Å². The van der Waals surface area contributed by atoms with Gasteiger partial charge in [0.25, 0.3) is 0 Å². The highest BCUT2D eigenvalue weighted by molar-refractivity contribution is 5.89. The highest BCUT2D eigenvalue weighted by Crippen LogP contribution is 2.44. The zero-order valence-electron chi connectivity index (χ0n) is 19.3. The standard InChI is InChI=1S/C26H32N2O5/c1-4-10-22(24(29)28-23(25(30)31)16(3)5-2)27-26(32)33-15-21-19-13-8-6-11-17(19)18-12-7-9-14-20(18)21/h6-9,11-14,16,21-23H,4-5,10,15H2,1-3H3,(H,27,32)(H,28,29)(H,30,31)/t16-,22-,23-/m0/s1. The molecule has 1 aliphatic rings. The number of alkyl carbamates (subject to hydrolysis) is 1. The van der Waals surface area contributed by atoms with E-state index in [2.05, 4.69) is 22.8 Å². The Bertz CT molecular complexity index is 960. The third kappa shape index (κ3) is 5.53. The van der Waals surface area contributed by atoms with Gasteiger partial charge < -0.3 is 20.5 Å². The van der Waals surface area contributed by atoms with Crippen LogP contribution in [0.5, 0.6) is 0 Å². The van der Waals surface area contributed by atoms with Crippen LogP contribution in [0, 0.1) is 5.92 Å². The molecule has 1 aliphatic carbocycles. The Morgan fingerprint density at radius 2 is 1.55 bits per heavy atom. The molecule has 7 nitrogen and oxygen atoms in total. The number of rotatable bonds is 10. The number of nitrogens with one attached hydrogen (secondary N) is 2. The summed E-state index contributed by atoms with van der Waals surface area (Å²) in [5, 5.41) is 14.7. The first-order chi connectivity index (χ1) is 15.9. The van der Waals surface area contributed by atoms with E-state index in [9.17, 15) is 19.5 Å². The van der Waals surface area contributed by atoms with Gasteiger partial charge in [-0.05, 0) is 34.6 Å². The molecule has 0 unspecified atom stereocenters. The summed E-state index contributed by atoms with van der Waals surface area (Å²) in [5.41, 5.74) is 4.48. The van der Waals surface area contributed by atoms with Gasteiger partial charge in [-0.3, -0.25) is 4.79 Å². The first kappa shape index (κ1) is 24.3. The highest BCUT2D eigenvalue weighted by Gasteiger charge is 2.31. The minimum Gasteiger partial charge on any atom is -0.480 e. The maximum Gasteiger partial charge on any atom is 0.407 e. The fourth-order valence-corrected chi connectivity index (χ4v) is 4.28. The zero-order chi connectivity index (χ0) is 24.0. The normalized spacial score (nSPS) is 15.0.